The van der Waals surface area contributed by atoms with Crippen molar-refractivity contribution < 1.29 is 9.53 Å². The zero-order valence-corrected chi connectivity index (χ0v) is 15.5. The van der Waals surface area contributed by atoms with Crippen molar-refractivity contribution in [1.29, 1.82) is 0 Å². The maximum Gasteiger partial charge on any atom is 0.271 e. The highest BCUT2D eigenvalue weighted by Gasteiger charge is 2.12. The normalized spacial score (nSPS) is 11.0. The van der Waals surface area contributed by atoms with Crippen LogP contribution in [0.4, 0.5) is 0 Å². The van der Waals surface area contributed by atoms with Gasteiger partial charge in [0.1, 0.15) is 17.0 Å². The summed E-state index contributed by atoms with van der Waals surface area (Å²) in [6, 6.07) is 15.2. The summed E-state index contributed by atoms with van der Waals surface area (Å²) in [4.78, 5) is 29.4. The summed E-state index contributed by atoms with van der Waals surface area (Å²) in [5.41, 5.74) is 1.45. The minimum Gasteiger partial charge on any atom is -0.497 e. The average molecular weight is 379 g/mol. The molecule has 4 rings (SSSR count). The molecule has 0 aliphatic carbocycles. The minimum absolute atomic E-state index is 0.0633. The van der Waals surface area contributed by atoms with Crippen LogP contribution < -0.4 is 15.6 Å². The van der Waals surface area contributed by atoms with Crippen molar-refractivity contribution in [3.63, 3.8) is 0 Å². The number of aromatic nitrogens is 2. The van der Waals surface area contributed by atoms with Crippen LogP contribution in [0.1, 0.15) is 5.56 Å². The highest BCUT2D eigenvalue weighted by Crippen LogP contribution is 2.29. The number of hydrogen-bond donors (Lipinski definition) is 1. The summed E-state index contributed by atoms with van der Waals surface area (Å²) >= 11 is 1.40. The first-order valence-corrected chi connectivity index (χ1v) is 9.23. The van der Waals surface area contributed by atoms with E-state index in [9.17, 15) is 9.59 Å². The molecule has 27 heavy (non-hydrogen) atoms. The number of carbonyl (C=O) groups excluding carboxylic acids is 1. The number of amides is 1. The van der Waals surface area contributed by atoms with Gasteiger partial charge in [0, 0.05) is 16.6 Å². The van der Waals surface area contributed by atoms with Crippen molar-refractivity contribution in [2.45, 2.75) is 13.1 Å². The highest BCUT2D eigenvalue weighted by atomic mass is 32.1. The Morgan fingerprint density at radius 2 is 1.96 bits per heavy atom. The predicted octanol–water partition coefficient (Wildman–Crippen LogP) is 2.94. The Labute approximate surface area is 159 Å². The summed E-state index contributed by atoms with van der Waals surface area (Å²) in [7, 11) is 1.61. The lowest BCUT2D eigenvalue weighted by Crippen LogP contribution is -2.31. The summed E-state index contributed by atoms with van der Waals surface area (Å²) in [6.45, 7) is 0.322. The summed E-state index contributed by atoms with van der Waals surface area (Å²) < 4.78 is 8.04. The molecule has 0 aliphatic rings. The molecule has 6 nitrogen and oxygen atoms in total. The molecule has 2 aromatic heterocycles. The summed E-state index contributed by atoms with van der Waals surface area (Å²) in [5.74, 6) is 0.523. The van der Waals surface area contributed by atoms with E-state index in [0.717, 1.165) is 21.4 Å². The Morgan fingerprint density at radius 1 is 1.19 bits per heavy atom. The van der Waals surface area contributed by atoms with Gasteiger partial charge in [0.25, 0.3) is 5.56 Å². The maximum absolute atomic E-state index is 12.7. The van der Waals surface area contributed by atoms with Gasteiger partial charge in [-0.2, -0.15) is 0 Å². The number of hydrogen-bond acceptors (Lipinski definition) is 5. The molecule has 4 aromatic rings. The molecule has 7 heteroatoms. The van der Waals surface area contributed by atoms with Crippen molar-refractivity contribution in [2.24, 2.45) is 0 Å². The van der Waals surface area contributed by atoms with Gasteiger partial charge in [-0.25, -0.2) is 4.98 Å². The highest BCUT2D eigenvalue weighted by molar-refractivity contribution is 7.25. The number of nitrogens with zero attached hydrogens (tertiary/aromatic N) is 2. The second kappa shape index (κ2) is 7.20. The van der Waals surface area contributed by atoms with E-state index in [2.05, 4.69) is 10.3 Å². The van der Waals surface area contributed by atoms with Crippen molar-refractivity contribution in [3.8, 4) is 5.75 Å². The van der Waals surface area contributed by atoms with E-state index in [0.29, 0.717) is 16.8 Å². The van der Waals surface area contributed by atoms with Crippen LogP contribution in [0.2, 0.25) is 0 Å². The number of ether oxygens (including phenoxy) is 1. The van der Waals surface area contributed by atoms with Gasteiger partial charge >= 0.3 is 0 Å². The Hall–Kier alpha value is -3.19. The summed E-state index contributed by atoms with van der Waals surface area (Å²) in [5, 5.41) is 3.79. The first kappa shape index (κ1) is 17.2. The van der Waals surface area contributed by atoms with Gasteiger partial charge < -0.3 is 10.1 Å². The molecule has 0 saturated heterocycles. The third-order valence-electron chi connectivity index (χ3n) is 4.31. The Balaban J connectivity index is 1.50. The standard InChI is InChI=1S/C20H17N3O3S/c1-26-14-8-6-13(7-9-14)10-21-17(24)11-23-12-22-18-15-4-2-3-5-16(15)27-19(18)20(23)25/h2-9,12H,10-11H2,1H3,(H,21,24). The number of methoxy groups -OCH3 is 1. The lowest BCUT2D eigenvalue weighted by Gasteiger charge is -2.08. The third-order valence-corrected chi connectivity index (χ3v) is 5.46. The van der Waals surface area contributed by atoms with Gasteiger partial charge in [0.2, 0.25) is 5.91 Å². The second-order valence-electron chi connectivity index (χ2n) is 6.08. The van der Waals surface area contributed by atoms with E-state index in [-0.39, 0.29) is 18.0 Å². The number of nitrogens with one attached hydrogen (secondary N) is 1. The molecule has 136 valence electrons. The van der Waals surface area contributed by atoms with E-state index in [1.54, 1.807) is 7.11 Å². The molecule has 0 fully saturated rings. The molecule has 0 saturated carbocycles. The van der Waals surface area contributed by atoms with E-state index in [1.165, 1.54) is 22.2 Å². The van der Waals surface area contributed by atoms with Crippen LogP contribution in [0.25, 0.3) is 20.3 Å². The van der Waals surface area contributed by atoms with Crippen LogP contribution in [-0.2, 0) is 17.9 Å². The Bertz CT molecular complexity index is 1180. The number of fused-ring (bicyclic) bond motifs is 3. The van der Waals surface area contributed by atoms with E-state index in [4.69, 9.17) is 4.74 Å². The number of carbonyl (C=O) groups is 1. The van der Waals surface area contributed by atoms with E-state index < -0.39 is 0 Å². The van der Waals surface area contributed by atoms with Crippen LogP contribution in [-0.4, -0.2) is 22.6 Å². The molecule has 1 amide bonds. The second-order valence-corrected chi connectivity index (χ2v) is 7.13. The fourth-order valence-corrected chi connectivity index (χ4v) is 3.99. The van der Waals surface area contributed by atoms with Crippen LogP contribution in [0, 0.1) is 0 Å². The van der Waals surface area contributed by atoms with Gasteiger partial charge in [0.15, 0.2) is 0 Å². The first-order chi connectivity index (χ1) is 13.2. The first-order valence-electron chi connectivity index (χ1n) is 8.42. The fraction of sp³-hybridized carbons (Fsp3) is 0.150. The van der Waals surface area contributed by atoms with Crippen LogP contribution in [0.5, 0.6) is 5.75 Å². The maximum atomic E-state index is 12.7. The van der Waals surface area contributed by atoms with Crippen molar-refractivity contribution in [2.75, 3.05) is 7.11 Å². The van der Waals surface area contributed by atoms with E-state index in [1.807, 2.05) is 48.5 Å². The van der Waals surface area contributed by atoms with E-state index >= 15 is 0 Å². The smallest absolute Gasteiger partial charge is 0.271 e. The van der Waals surface area contributed by atoms with Crippen LogP contribution in [0.15, 0.2) is 59.7 Å². The molecule has 2 heterocycles. The van der Waals surface area contributed by atoms with Crippen molar-refractivity contribution in [3.05, 3.63) is 70.8 Å². The summed E-state index contributed by atoms with van der Waals surface area (Å²) in [6.07, 6.45) is 1.44. The zero-order valence-electron chi connectivity index (χ0n) is 14.6. The number of rotatable bonds is 5. The average Bonchev–Trinajstić information content (AvgIpc) is 3.08. The van der Waals surface area contributed by atoms with Gasteiger partial charge in [0.05, 0.1) is 19.0 Å². The molecule has 0 spiro atoms. The van der Waals surface area contributed by atoms with Crippen LogP contribution >= 0.6 is 11.3 Å². The number of thiophene rings is 1. The number of benzene rings is 2. The SMILES string of the molecule is COc1ccc(CNC(=O)Cn2cnc3c(sc4ccccc43)c2=O)cc1. The Morgan fingerprint density at radius 3 is 2.74 bits per heavy atom. The topological polar surface area (TPSA) is 73.2 Å². The molecule has 2 aromatic carbocycles. The lowest BCUT2D eigenvalue weighted by atomic mass is 10.2. The fourth-order valence-electron chi connectivity index (χ4n) is 2.88. The van der Waals surface area contributed by atoms with Gasteiger partial charge in [-0.3, -0.25) is 14.2 Å². The minimum atomic E-state index is -0.241. The molecule has 0 unspecified atom stereocenters. The van der Waals surface area contributed by atoms with Gasteiger partial charge in [-0.05, 0) is 23.8 Å². The molecule has 0 atom stereocenters. The Kier molecular flexibility index (Phi) is 4.60. The van der Waals surface area contributed by atoms with Crippen molar-refractivity contribution in [1.82, 2.24) is 14.9 Å². The van der Waals surface area contributed by atoms with Gasteiger partial charge in [-0.1, -0.05) is 30.3 Å². The van der Waals surface area contributed by atoms with Crippen molar-refractivity contribution >= 4 is 37.5 Å². The molecule has 0 aliphatic heterocycles. The zero-order chi connectivity index (χ0) is 18.8. The molecular formula is C20H17N3O3S. The van der Waals surface area contributed by atoms with Crippen LogP contribution in [0.3, 0.4) is 0 Å². The molecule has 0 bridgehead atoms. The molecule has 0 radical (unpaired) electrons. The quantitative estimate of drug-likeness (QED) is 0.579. The predicted molar refractivity (Wildman–Crippen MR) is 106 cm³/mol. The molecular weight excluding hydrogens is 362 g/mol. The largest absolute Gasteiger partial charge is 0.497 e. The third kappa shape index (κ3) is 3.41. The monoisotopic (exact) mass is 379 g/mol. The lowest BCUT2D eigenvalue weighted by molar-refractivity contribution is -0.121. The molecule has 1 N–H and O–H groups in total. The van der Waals surface area contributed by atoms with Gasteiger partial charge in [-0.15, -0.1) is 11.3 Å².